The van der Waals surface area contributed by atoms with E-state index >= 15 is 0 Å². The van der Waals surface area contributed by atoms with Crippen LogP contribution in [0.2, 0.25) is 18.6 Å². The first-order valence-corrected chi connectivity index (χ1v) is 17.2. The average molecular weight is 601 g/mol. The summed E-state index contributed by atoms with van der Waals surface area (Å²) < 4.78 is 7.85. The van der Waals surface area contributed by atoms with Crippen molar-refractivity contribution in [3.8, 4) is 5.69 Å². The first-order chi connectivity index (χ1) is 20.5. The van der Waals surface area contributed by atoms with Crippen LogP contribution in [0.4, 0.5) is 11.4 Å². The number of non-ortho nitro benzene ring substituents is 1. The second kappa shape index (κ2) is 10.5. The van der Waals surface area contributed by atoms with Gasteiger partial charge in [0.1, 0.15) is 0 Å². The normalized spacial score (nSPS) is 23.3. The van der Waals surface area contributed by atoms with Gasteiger partial charge in [-0.2, -0.15) is 9.78 Å². The molecule has 1 saturated heterocycles. The number of anilines is 1. The molecule has 4 aromatic rings. The predicted octanol–water partition coefficient (Wildman–Crippen LogP) is 4.02. The van der Waals surface area contributed by atoms with E-state index in [-0.39, 0.29) is 36.7 Å². The van der Waals surface area contributed by atoms with E-state index in [4.69, 9.17) is 4.74 Å². The number of aromatic nitrogens is 2. The quantitative estimate of drug-likeness (QED) is 0.184. The van der Waals surface area contributed by atoms with Gasteiger partial charge >= 0.3 is 0 Å². The van der Waals surface area contributed by atoms with Crippen molar-refractivity contribution in [2.45, 2.75) is 50.2 Å². The lowest BCUT2D eigenvalue weighted by Gasteiger charge is -2.32. The summed E-state index contributed by atoms with van der Waals surface area (Å²) in [5, 5.41) is 27.2. The van der Waals surface area contributed by atoms with Gasteiger partial charge in [-0.1, -0.05) is 37.3 Å². The molecule has 4 atom stereocenters. The van der Waals surface area contributed by atoms with E-state index in [2.05, 4.69) is 5.10 Å². The van der Waals surface area contributed by atoms with Gasteiger partial charge < -0.3 is 19.5 Å². The van der Waals surface area contributed by atoms with Gasteiger partial charge in [0, 0.05) is 41.1 Å². The lowest BCUT2D eigenvalue weighted by atomic mass is 9.82. The summed E-state index contributed by atoms with van der Waals surface area (Å²) in [4.78, 5) is 51.8. The van der Waals surface area contributed by atoms with E-state index in [1.54, 1.807) is 60.6 Å². The number of nitro benzene ring substituents is 1. The van der Waals surface area contributed by atoms with Crippen LogP contribution >= 0.6 is 0 Å². The van der Waals surface area contributed by atoms with Crippen LogP contribution in [0.5, 0.6) is 0 Å². The molecule has 3 heterocycles. The molecule has 0 aliphatic carbocycles. The van der Waals surface area contributed by atoms with Gasteiger partial charge in [0.05, 0.1) is 40.5 Å². The zero-order valence-corrected chi connectivity index (χ0v) is 25.0. The second-order valence-corrected chi connectivity index (χ2v) is 15.8. The zero-order valence-electron chi connectivity index (χ0n) is 24.0. The highest BCUT2D eigenvalue weighted by Crippen LogP contribution is 2.60. The van der Waals surface area contributed by atoms with Crippen LogP contribution in [0.15, 0.2) is 77.7 Å². The number of fused-ring (bicyclic) bond motifs is 3. The maximum Gasteiger partial charge on any atom is 0.279 e. The predicted molar refractivity (Wildman–Crippen MR) is 162 cm³/mol. The average Bonchev–Trinajstić information content (AvgIpc) is 3.40. The Morgan fingerprint density at radius 3 is 2.58 bits per heavy atom. The summed E-state index contributed by atoms with van der Waals surface area (Å²) in [7, 11) is -2.91. The number of nitrogens with zero attached hydrogens (tertiary/aromatic N) is 4. The Hall–Kier alpha value is -4.23. The van der Waals surface area contributed by atoms with Crippen molar-refractivity contribution in [1.82, 2.24) is 9.78 Å². The van der Waals surface area contributed by atoms with Gasteiger partial charge in [0.25, 0.3) is 17.2 Å². The molecule has 2 aliphatic heterocycles. The number of hydrogen-bond donors (Lipinski definition) is 2. The maximum atomic E-state index is 14.5. The number of hydrogen-bond acceptors (Lipinski definition) is 8. The molecule has 6 rings (SSSR count). The van der Waals surface area contributed by atoms with Gasteiger partial charge in [-0.05, 0) is 49.3 Å². The molecule has 1 spiro atoms. The van der Waals surface area contributed by atoms with Gasteiger partial charge in [-0.25, -0.2) is 0 Å². The minimum absolute atomic E-state index is 0.104. The molecule has 2 N–H and O–H groups in total. The number of aliphatic hydroxyl groups excluding tert-OH is 1. The van der Waals surface area contributed by atoms with E-state index in [1.807, 2.05) is 25.1 Å². The van der Waals surface area contributed by atoms with Crippen LogP contribution in [-0.4, -0.2) is 51.5 Å². The molecule has 43 heavy (non-hydrogen) atoms. The molecule has 222 valence electrons. The minimum atomic E-state index is -2.91. The summed E-state index contributed by atoms with van der Waals surface area (Å²) in [5.74, 6) is -0.897. The number of carbonyl (C=O) groups excluding carboxylic acids is 1. The number of ether oxygens (including phenoxy) is 1. The fourth-order valence-corrected chi connectivity index (χ4v) is 9.58. The molecule has 1 aromatic heterocycles. The molecule has 0 bridgehead atoms. The van der Waals surface area contributed by atoms with Gasteiger partial charge in [-0.3, -0.25) is 19.7 Å². The van der Waals surface area contributed by atoms with Crippen LogP contribution < -0.4 is 10.5 Å². The standard InChI is InChI=1S/C31H32N4O7Si/c1-19-28(43(2,3)41)27(13-14-36)42-31(19)25-16-23(35(39)40)11-12-26(25)33(30(31)38)18-20-7-6-9-22(15-20)34-29(37)24-10-5-4-8-21(24)17-32-34/h4-12,15-17,19,27-28,36,41H,13-14,18H2,1-3H3/t19-,27+,28-,31+/m0/s1. The summed E-state index contributed by atoms with van der Waals surface area (Å²) in [6, 6.07) is 18.7. The zero-order chi connectivity index (χ0) is 30.7. The SMILES string of the molecule is C[C@H]1[C@H]([Si](C)(C)O)[C@@H](CCO)O[C@]12C(=O)N(Cc1cccc(-n3ncc4ccccc4c3=O)c1)c1ccc([N+](=O)[O-])cc12. The molecule has 0 saturated carbocycles. The van der Waals surface area contributed by atoms with Crippen LogP contribution in [0.3, 0.4) is 0 Å². The van der Waals surface area contributed by atoms with Crippen molar-refractivity contribution in [1.29, 1.82) is 0 Å². The second-order valence-electron chi connectivity index (χ2n) is 11.8. The Kier molecular flexibility index (Phi) is 7.04. The largest absolute Gasteiger partial charge is 0.432 e. The first-order valence-electron chi connectivity index (χ1n) is 14.2. The Balaban J connectivity index is 1.43. The molecule has 1 fully saturated rings. The molecule has 0 unspecified atom stereocenters. The molecule has 2 aliphatic rings. The van der Waals surface area contributed by atoms with Crippen molar-refractivity contribution in [2.75, 3.05) is 11.5 Å². The van der Waals surface area contributed by atoms with Crippen molar-refractivity contribution in [3.63, 3.8) is 0 Å². The summed E-state index contributed by atoms with van der Waals surface area (Å²) in [6.07, 6.45) is 1.25. The van der Waals surface area contributed by atoms with Gasteiger partial charge in [0.15, 0.2) is 13.9 Å². The molecule has 3 aromatic carbocycles. The lowest BCUT2D eigenvalue weighted by molar-refractivity contribution is -0.385. The molecule has 1 amide bonds. The Bertz CT molecular complexity index is 1820. The Labute approximate surface area is 248 Å². The number of amides is 1. The maximum absolute atomic E-state index is 14.5. The smallest absolute Gasteiger partial charge is 0.279 e. The molecule has 0 radical (unpaired) electrons. The monoisotopic (exact) mass is 600 g/mol. The third-order valence-electron chi connectivity index (χ3n) is 8.78. The molecule has 11 nitrogen and oxygen atoms in total. The Morgan fingerprint density at radius 2 is 1.86 bits per heavy atom. The highest BCUT2D eigenvalue weighted by Gasteiger charge is 2.66. The number of carbonyl (C=O) groups is 1. The summed E-state index contributed by atoms with van der Waals surface area (Å²) in [6.45, 7) is 5.31. The highest BCUT2D eigenvalue weighted by molar-refractivity contribution is 6.71. The highest BCUT2D eigenvalue weighted by atomic mass is 28.4. The fraction of sp³-hybridized carbons (Fsp3) is 0.323. The van der Waals surface area contributed by atoms with Crippen LogP contribution in [0, 0.1) is 16.0 Å². The van der Waals surface area contributed by atoms with Crippen LogP contribution in [0.1, 0.15) is 24.5 Å². The molecular weight excluding hydrogens is 568 g/mol. The van der Waals surface area contributed by atoms with Crippen molar-refractivity contribution >= 4 is 36.4 Å². The molecule has 12 heteroatoms. The Morgan fingerprint density at radius 1 is 1.09 bits per heavy atom. The van der Waals surface area contributed by atoms with Crippen molar-refractivity contribution < 1.29 is 24.4 Å². The van der Waals surface area contributed by atoms with E-state index in [0.717, 1.165) is 5.39 Å². The first kappa shape index (κ1) is 28.9. The van der Waals surface area contributed by atoms with Gasteiger partial charge in [-0.15, -0.1) is 0 Å². The van der Waals surface area contributed by atoms with Crippen LogP contribution in [-0.2, 0) is 21.7 Å². The number of nitro groups is 1. The third-order valence-corrected chi connectivity index (χ3v) is 11.3. The number of rotatable bonds is 7. The topological polar surface area (TPSA) is 148 Å². The van der Waals surface area contributed by atoms with E-state index in [0.29, 0.717) is 27.9 Å². The van der Waals surface area contributed by atoms with Crippen molar-refractivity contribution in [2.24, 2.45) is 5.92 Å². The van der Waals surface area contributed by atoms with Crippen molar-refractivity contribution in [3.05, 3.63) is 105 Å². The molecular formula is C31H32N4O7Si. The fourth-order valence-electron chi connectivity index (χ4n) is 6.98. The van der Waals surface area contributed by atoms with Gasteiger partial charge in [0.2, 0.25) is 0 Å². The number of benzene rings is 3. The lowest BCUT2D eigenvalue weighted by Crippen LogP contribution is -2.46. The number of aliphatic hydroxyl groups is 1. The van der Waals surface area contributed by atoms with E-state index in [9.17, 15) is 29.6 Å². The summed E-state index contributed by atoms with van der Waals surface area (Å²) >= 11 is 0. The van der Waals surface area contributed by atoms with Crippen LogP contribution in [0.25, 0.3) is 16.5 Å². The minimum Gasteiger partial charge on any atom is -0.432 e. The third kappa shape index (κ3) is 4.57. The summed E-state index contributed by atoms with van der Waals surface area (Å²) in [5.41, 5.74) is -0.303. The van der Waals surface area contributed by atoms with E-state index in [1.165, 1.54) is 16.8 Å². The van der Waals surface area contributed by atoms with E-state index < -0.39 is 36.4 Å².